The fourth-order valence-electron chi connectivity index (χ4n) is 1.82. The maximum Gasteiger partial charge on any atom is 0.258 e. The van der Waals surface area contributed by atoms with Gasteiger partial charge in [0.25, 0.3) is 5.91 Å². The topological polar surface area (TPSA) is 67.4 Å². The molecule has 120 valence electrons. The highest BCUT2D eigenvalue weighted by atomic mass is 35.5. The van der Waals surface area contributed by atoms with Crippen molar-refractivity contribution < 1.29 is 14.3 Å². The van der Waals surface area contributed by atoms with Gasteiger partial charge in [-0.2, -0.15) is 0 Å². The normalized spacial score (nSPS) is 10.0. The van der Waals surface area contributed by atoms with E-state index in [0.717, 1.165) is 11.3 Å². The van der Waals surface area contributed by atoms with E-state index >= 15 is 0 Å². The van der Waals surface area contributed by atoms with Gasteiger partial charge in [-0.3, -0.25) is 9.59 Å². The van der Waals surface area contributed by atoms with Crippen molar-refractivity contribution in [2.75, 3.05) is 18.5 Å². The lowest BCUT2D eigenvalue weighted by atomic mass is 10.2. The number of para-hydroxylation sites is 1. The highest BCUT2D eigenvalue weighted by molar-refractivity contribution is 6.30. The first kappa shape index (κ1) is 16.8. The Morgan fingerprint density at radius 2 is 1.74 bits per heavy atom. The van der Waals surface area contributed by atoms with Crippen molar-refractivity contribution in [2.24, 2.45) is 0 Å². The minimum atomic E-state index is -0.375. The summed E-state index contributed by atoms with van der Waals surface area (Å²) in [4.78, 5) is 23.5. The van der Waals surface area contributed by atoms with Gasteiger partial charge in [-0.25, -0.2) is 0 Å². The van der Waals surface area contributed by atoms with Crippen LogP contribution in [0.4, 0.5) is 5.69 Å². The van der Waals surface area contributed by atoms with Crippen molar-refractivity contribution in [1.29, 1.82) is 0 Å². The van der Waals surface area contributed by atoms with Crippen LogP contribution in [0.5, 0.6) is 5.75 Å². The first-order valence-electron chi connectivity index (χ1n) is 7.05. The maximum absolute atomic E-state index is 11.8. The average molecular weight is 333 g/mol. The van der Waals surface area contributed by atoms with Gasteiger partial charge < -0.3 is 15.4 Å². The van der Waals surface area contributed by atoms with Gasteiger partial charge in [-0.15, -0.1) is 0 Å². The van der Waals surface area contributed by atoms with E-state index in [1.807, 2.05) is 25.1 Å². The van der Waals surface area contributed by atoms with Crippen LogP contribution in [0.15, 0.2) is 48.5 Å². The minimum Gasteiger partial charge on any atom is -0.484 e. The van der Waals surface area contributed by atoms with Gasteiger partial charge in [0, 0.05) is 10.7 Å². The van der Waals surface area contributed by atoms with Crippen LogP contribution >= 0.6 is 11.6 Å². The zero-order valence-corrected chi connectivity index (χ0v) is 13.4. The number of anilines is 1. The third-order valence-corrected chi connectivity index (χ3v) is 3.30. The first-order chi connectivity index (χ1) is 11.0. The van der Waals surface area contributed by atoms with E-state index in [4.69, 9.17) is 16.3 Å². The molecule has 0 bridgehead atoms. The summed E-state index contributed by atoms with van der Waals surface area (Å²) in [5.41, 5.74) is 1.68. The van der Waals surface area contributed by atoms with Crippen molar-refractivity contribution in [2.45, 2.75) is 6.92 Å². The summed E-state index contributed by atoms with van der Waals surface area (Å²) in [5, 5.41) is 5.83. The van der Waals surface area contributed by atoms with Crippen molar-refractivity contribution >= 4 is 29.1 Å². The van der Waals surface area contributed by atoms with Crippen molar-refractivity contribution in [3.63, 3.8) is 0 Å². The molecule has 0 saturated heterocycles. The van der Waals surface area contributed by atoms with Crippen molar-refractivity contribution in [3.8, 4) is 5.75 Å². The molecule has 2 rings (SSSR count). The predicted molar refractivity (Wildman–Crippen MR) is 89.8 cm³/mol. The second-order valence-electron chi connectivity index (χ2n) is 4.88. The Morgan fingerprint density at radius 1 is 1.04 bits per heavy atom. The lowest BCUT2D eigenvalue weighted by molar-refractivity contribution is -0.125. The number of hydrogen-bond donors (Lipinski definition) is 2. The number of benzene rings is 2. The second kappa shape index (κ2) is 8.19. The molecule has 2 N–H and O–H groups in total. The Labute approximate surface area is 139 Å². The Kier molecular flexibility index (Phi) is 6.00. The Bertz CT molecular complexity index is 686. The van der Waals surface area contributed by atoms with Gasteiger partial charge in [0.05, 0.1) is 6.54 Å². The van der Waals surface area contributed by atoms with E-state index in [1.54, 1.807) is 30.3 Å². The quantitative estimate of drug-likeness (QED) is 0.854. The molecule has 5 nitrogen and oxygen atoms in total. The number of ether oxygens (including phenoxy) is 1. The van der Waals surface area contributed by atoms with Gasteiger partial charge in [0.2, 0.25) is 5.91 Å². The Hall–Kier alpha value is -2.53. The summed E-state index contributed by atoms with van der Waals surface area (Å²) in [7, 11) is 0. The van der Waals surface area contributed by atoms with E-state index in [0.29, 0.717) is 10.8 Å². The molecule has 2 aromatic carbocycles. The number of rotatable bonds is 6. The van der Waals surface area contributed by atoms with Crippen LogP contribution in [-0.4, -0.2) is 25.0 Å². The van der Waals surface area contributed by atoms with Crippen molar-refractivity contribution in [1.82, 2.24) is 5.32 Å². The molecule has 23 heavy (non-hydrogen) atoms. The van der Waals surface area contributed by atoms with Gasteiger partial charge in [0.1, 0.15) is 5.75 Å². The van der Waals surface area contributed by atoms with Crippen LogP contribution in [0, 0.1) is 6.92 Å². The number of carbonyl (C=O) groups is 2. The minimum absolute atomic E-state index is 0.114. The van der Waals surface area contributed by atoms with E-state index < -0.39 is 0 Å². The van der Waals surface area contributed by atoms with Crippen LogP contribution in [-0.2, 0) is 9.59 Å². The summed E-state index contributed by atoms with van der Waals surface area (Å²) >= 11 is 5.76. The van der Waals surface area contributed by atoms with E-state index in [9.17, 15) is 9.59 Å². The number of nitrogens with one attached hydrogen (secondary N) is 2. The molecular formula is C17H17ClN2O3. The molecule has 0 spiro atoms. The largest absolute Gasteiger partial charge is 0.484 e. The lowest BCUT2D eigenvalue weighted by Crippen LogP contribution is -2.35. The Balaban J connectivity index is 1.72. The zero-order chi connectivity index (χ0) is 16.7. The number of carbonyl (C=O) groups excluding carboxylic acids is 2. The molecule has 2 amide bonds. The molecule has 0 aliphatic carbocycles. The molecule has 0 aliphatic heterocycles. The predicted octanol–water partition coefficient (Wildman–Crippen LogP) is 2.78. The first-order valence-corrected chi connectivity index (χ1v) is 7.43. The highest BCUT2D eigenvalue weighted by Crippen LogP contribution is 2.15. The van der Waals surface area contributed by atoms with Crippen LogP contribution in [0.1, 0.15) is 5.56 Å². The van der Waals surface area contributed by atoms with Gasteiger partial charge >= 0.3 is 0 Å². The summed E-state index contributed by atoms with van der Waals surface area (Å²) in [5.74, 6) is -0.132. The summed E-state index contributed by atoms with van der Waals surface area (Å²) < 4.78 is 5.29. The van der Waals surface area contributed by atoms with Crippen molar-refractivity contribution in [3.05, 3.63) is 59.1 Å². The van der Waals surface area contributed by atoms with E-state index in [-0.39, 0.29) is 25.0 Å². The molecule has 0 saturated carbocycles. The molecule has 2 aromatic rings. The smallest absolute Gasteiger partial charge is 0.258 e. The van der Waals surface area contributed by atoms with Crippen LogP contribution < -0.4 is 15.4 Å². The fraction of sp³-hybridized carbons (Fsp3) is 0.176. The van der Waals surface area contributed by atoms with Crippen LogP contribution in [0.25, 0.3) is 0 Å². The third-order valence-electron chi connectivity index (χ3n) is 3.05. The SMILES string of the molecule is Cc1ccccc1NC(=O)CNC(=O)COc1ccc(Cl)cc1. The Morgan fingerprint density at radius 3 is 2.43 bits per heavy atom. The monoisotopic (exact) mass is 332 g/mol. The summed E-state index contributed by atoms with van der Waals surface area (Å²) in [6, 6.07) is 14.1. The highest BCUT2D eigenvalue weighted by Gasteiger charge is 2.07. The molecule has 0 aromatic heterocycles. The molecule has 0 unspecified atom stereocenters. The van der Waals surface area contributed by atoms with E-state index in [1.165, 1.54) is 0 Å². The van der Waals surface area contributed by atoms with Gasteiger partial charge in [-0.1, -0.05) is 29.8 Å². The standard InChI is InChI=1S/C17H17ClN2O3/c1-12-4-2-3-5-15(12)20-16(21)10-19-17(22)11-23-14-8-6-13(18)7-9-14/h2-9H,10-11H2,1H3,(H,19,22)(H,20,21). The van der Waals surface area contributed by atoms with E-state index in [2.05, 4.69) is 10.6 Å². The molecule has 6 heteroatoms. The molecule has 0 aliphatic rings. The number of amides is 2. The van der Waals surface area contributed by atoms with Gasteiger partial charge in [-0.05, 0) is 42.8 Å². The summed E-state index contributed by atoms with van der Waals surface area (Å²) in [6.07, 6.45) is 0. The molecule has 0 atom stereocenters. The average Bonchev–Trinajstić information content (AvgIpc) is 2.54. The lowest BCUT2D eigenvalue weighted by Gasteiger charge is -2.09. The van der Waals surface area contributed by atoms with Gasteiger partial charge in [0.15, 0.2) is 6.61 Å². The third kappa shape index (κ3) is 5.64. The molecule has 0 fully saturated rings. The number of halogens is 1. The summed E-state index contributed by atoms with van der Waals surface area (Å²) in [6.45, 7) is 1.62. The second-order valence-corrected chi connectivity index (χ2v) is 5.32. The molecule has 0 radical (unpaired) electrons. The number of aryl methyl sites for hydroxylation is 1. The molecular weight excluding hydrogens is 316 g/mol. The fourth-order valence-corrected chi connectivity index (χ4v) is 1.94. The number of hydrogen-bond acceptors (Lipinski definition) is 3. The molecule has 0 heterocycles. The van der Waals surface area contributed by atoms with Crippen LogP contribution in [0.3, 0.4) is 0 Å². The van der Waals surface area contributed by atoms with Crippen LogP contribution in [0.2, 0.25) is 5.02 Å². The maximum atomic E-state index is 11.8. The zero-order valence-electron chi connectivity index (χ0n) is 12.6.